The predicted molar refractivity (Wildman–Crippen MR) is 66.2 cm³/mol. The molecule has 4 atom stereocenters. The van der Waals surface area contributed by atoms with E-state index in [1.54, 1.807) is 0 Å². The van der Waals surface area contributed by atoms with Gasteiger partial charge in [0, 0.05) is 18.9 Å². The van der Waals surface area contributed by atoms with Crippen molar-refractivity contribution in [2.24, 2.45) is 0 Å². The van der Waals surface area contributed by atoms with Crippen LogP contribution >= 0.6 is 0 Å². The van der Waals surface area contributed by atoms with Gasteiger partial charge in [0.1, 0.15) is 6.10 Å². The number of hydrogen-bond donors (Lipinski definition) is 2. The average molecular weight is 303 g/mol. The Morgan fingerprint density at radius 1 is 1.57 bits per heavy atom. The van der Waals surface area contributed by atoms with Crippen LogP contribution in [-0.2, 0) is 9.47 Å². The van der Waals surface area contributed by atoms with Gasteiger partial charge >= 0.3 is 5.69 Å². The molecular weight excluding hydrogens is 287 g/mol. The van der Waals surface area contributed by atoms with Crippen LogP contribution < -0.4 is 16.4 Å². The maximum Gasteiger partial charge on any atom is 0.330 e. The molecule has 1 aromatic heterocycles. The summed E-state index contributed by atoms with van der Waals surface area (Å²) in [5.74, 6) is -1.14. The Hall–Kier alpha value is -1.55. The minimum Gasteiger partial charge on any atom is -0.848 e. The highest BCUT2D eigenvalue weighted by atomic mass is 19.1. The first kappa shape index (κ1) is 15.8. The summed E-state index contributed by atoms with van der Waals surface area (Å²) in [6, 6.07) is 0.935. The Balaban J connectivity index is 2.23. The van der Waals surface area contributed by atoms with E-state index >= 15 is 0 Å². The second-order valence-electron chi connectivity index (χ2n) is 5.21. The molecule has 21 heavy (non-hydrogen) atoms. The Morgan fingerprint density at radius 2 is 2.24 bits per heavy atom. The lowest BCUT2D eigenvalue weighted by Crippen LogP contribution is -2.60. The fourth-order valence-corrected chi connectivity index (χ4v) is 2.05. The maximum atomic E-state index is 14.3. The van der Waals surface area contributed by atoms with E-state index in [2.05, 4.69) is 0 Å². The van der Waals surface area contributed by atoms with Crippen LogP contribution in [0.4, 0.5) is 4.39 Å². The Morgan fingerprint density at radius 3 is 2.86 bits per heavy atom. The highest BCUT2D eigenvalue weighted by molar-refractivity contribution is 4.89. The van der Waals surface area contributed by atoms with Crippen molar-refractivity contribution >= 4 is 0 Å². The molecule has 0 amide bonds. The normalized spacial score (nSPS) is 28.0. The van der Waals surface area contributed by atoms with E-state index < -0.39 is 41.6 Å². The number of hydrogen-bond acceptors (Lipinski definition) is 6. The first-order valence-electron chi connectivity index (χ1n) is 6.32. The molecule has 0 bridgehead atoms. The quantitative estimate of drug-likeness (QED) is 0.683. The van der Waals surface area contributed by atoms with Crippen molar-refractivity contribution in [2.45, 2.75) is 44.2 Å². The molecule has 1 aliphatic rings. The molecule has 1 aliphatic heterocycles. The molecule has 8 nitrogen and oxygen atoms in total. The van der Waals surface area contributed by atoms with Crippen molar-refractivity contribution in [3.8, 4) is 0 Å². The van der Waals surface area contributed by atoms with Gasteiger partial charge in [-0.1, -0.05) is 6.10 Å². The summed E-state index contributed by atoms with van der Waals surface area (Å²) in [5, 5.41) is 21.7. The van der Waals surface area contributed by atoms with E-state index in [1.165, 1.54) is 13.8 Å². The molecule has 1 fully saturated rings. The van der Waals surface area contributed by atoms with Gasteiger partial charge in [0.25, 0.3) is 5.56 Å². The van der Waals surface area contributed by atoms with Gasteiger partial charge in [-0.05, 0) is 13.8 Å². The van der Waals surface area contributed by atoms with Crippen LogP contribution in [0.1, 0.15) is 20.1 Å². The molecule has 0 radical (unpaired) electrons. The fourth-order valence-electron chi connectivity index (χ4n) is 2.05. The fraction of sp³-hybridized carbons (Fsp3) is 0.667. The number of H-pyrrole nitrogens is 1. The number of aromatic amines is 1. The van der Waals surface area contributed by atoms with Crippen molar-refractivity contribution in [3.05, 3.63) is 33.1 Å². The van der Waals surface area contributed by atoms with Crippen LogP contribution in [-0.4, -0.2) is 45.4 Å². The lowest BCUT2D eigenvalue weighted by Gasteiger charge is -2.46. The second kappa shape index (κ2) is 5.68. The van der Waals surface area contributed by atoms with E-state index in [4.69, 9.17) is 9.47 Å². The molecule has 2 rings (SSSR count). The Kier molecular flexibility index (Phi) is 4.28. The summed E-state index contributed by atoms with van der Waals surface area (Å²) < 4.78 is 25.1. The van der Waals surface area contributed by atoms with Crippen LogP contribution in [0.25, 0.3) is 0 Å². The van der Waals surface area contributed by atoms with E-state index in [1.807, 2.05) is 4.98 Å². The van der Waals surface area contributed by atoms with E-state index in [-0.39, 0.29) is 6.61 Å². The number of nitrogens with one attached hydrogen (secondary N) is 1. The summed E-state index contributed by atoms with van der Waals surface area (Å²) in [4.78, 5) is 24.3. The smallest absolute Gasteiger partial charge is 0.330 e. The highest BCUT2D eigenvalue weighted by Crippen LogP contribution is 2.27. The van der Waals surface area contributed by atoms with Gasteiger partial charge < -0.3 is 19.7 Å². The highest BCUT2D eigenvalue weighted by Gasteiger charge is 2.39. The Bertz CT molecular complexity index is 612. The molecule has 9 heteroatoms. The second-order valence-corrected chi connectivity index (χ2v) is 5.21. The third-order valence-corrected chi connectivity index (χ3v) is 3.12. The van der Waals surface area contributed by atoms with Crippen molar-refractivity contribution in [3.63, 3.8) is 0 Å². The zero-order chi connectivity index (χ0) is 15.8. The number of nitrogens with zero attached hydrogens (tertiary/aromatic N) is 1. The van der Waals surface area contributed by atoms with E-state index in [0.29, 0.717) is 4.57 Å². The van der Waals surface area contributed by atoms with Crippen LogP contribution in [0, 0.1) is 0 Å². The Labute approximate surface area is 118 Å². The maximum absolute atomic E-state index is 14.3. The molecule has 1 saturated heterocycles. The summed E-state index contributed by atoms with van der Waals surface area (Å²) in [5.41, 5.74) is -1.72. The first-order valence-corrected chi connectivity index (χ1v) is 6.32. The number of halogens is 1. The van der Waals surface area contributed by atoms with Crippen molar-refractivity contribution in [1.82, 2.24) is 9.55 Å². The molecule has 2 N–H and O–H groups in total. The number of aliphatic hydroxyl groups is 1. The monoisotopic (exact) mass is 303 g/mol. The SMILES string of the molecule is CC1(C)OC[C@@H]([O-])[C@H]([C@@H](O)[C@H](F)n2ccc(=O)[nH]c2=O)O1. The van der Waals surface area contributed by atoms with Crippen LogP contribution in [0.2, 0.25) is 0 Å². The van der Waals surface area contributed by atoms with Crippen molar-refractivity contribution in [2.75, 3.05) is 6.61 Å². The lowest BCUT2D eigenvalue weighted by atomic mass is 10.1. The van der Waals surface area contributed by atoms with Gasteiger partial charge in [0.05, 0.1) is 6.10 Å². The molecule has 0 spiro atoms. The third-order valence-electron chi connectivity index (χ3n) is 3.12. The van der Waals surface area contributed by atoms with Gasteiger partial charge in [-0.15, -0.1) is 0 Å². The van der Waals surface area contributed by atoms with Crippen LogP contribution in [0.3, 0.4) is 0 Å². The summed E-state index contributed by atoms with van der Waals surface area (Å²) in [7, 11) is 0. The number of rotatable bonds is 3. The molecule has 0 aliphatic carbocycles. The van der Waals surface area contributed by atoms with E-state index in [0.717, 1.165) is 12.3 Å². The molecule has 1 aromatic rings. The standard InChI is InChI=1S/C12H16FN2O6/c1-12(2)20-5-6(16)9(21-12)8(18)10(13)15-4-3-7(17)14-11(15)19/h3-4,6,8-10,18H,5H2,1-2H3,(H,14,17,19)/q-1/t6-,8-,9-,10-/m1/s1. The summed E-state index contributed by atoms with van der Waals surface area (Å²) in [6.45, 7) is 2.80. The average Bonchev–Trinajstić information content (AvgIpc) is 2.40. The topological polar surface area (TPSA) is 117 Å². The zero-order valence-corrected chi connectivity index (χ0v) is 11.5. The molecule has 0 aromatic carbocycles. The minimum absolute atomic E-state index is 0.248. The predicted octanol–water partition coefficient (Wildman–Crippen LogP) is -1.75. The van der Waals surface area contributed by atoms with Crippen molar-refractivity contribution in [1.29, 1.82) is 0 Å². The summed E-state index contributed by atoms with van der Waals surface area (Å²) in [6.07, 6.45) is -6.09. The van der Waals surface area contributed by atoms with Gasteiger partial charge in [0.2, 0.25) is 6.30 Å². The number of aromatic nitrogens is 2. The van der Waals surface area contributed by atoms with Crippen LogP contribution in [0.5, 0.6) is 0 Å². The van der Waals surface area contributed by atoms with Gasteiger partial charge in [-0.2, -0.15) is 0 Å². The van der Waals surface area contributed by atoms with Gasteiger partial charge in [-0.3, -0.25) is 14.3 Å². The number of alkyl halides is 1. The number of ether oxygens (including phenoxy) is 2. The minimum atomic E-state index is -2.23. The molecule has 0 unspecified atom stereocenters. The molecule has 0 saturated carbocycles. The first-order chi connectivity index (χ1) is 9.71. The van der Waals surface area contributed by atoms with Crippen LogP contribution in [0.15, 0.2) is 21.9 Å². The summed E-state index contributed by atoms with van der Waals surface area (Å²) >= 11 is 0. The van der Waals surface area contributed by atoms with E-state index in [9.17, 15) is 24.2 Å². The largest absolute Gasteiger partial charge is 0.848 e. The molecule has 118 valence electrons. The van der Waals surface area contributed by atoms with Crippen molar-refractivity contribution < 1.29 is 24.1 Å². The van der Waals surface area contributed by atoms with Gasteiger partial charge in [-0.25, -0.2) is 9.18 Å². The lowest BCUT2D eigenvalue weighted by molar-refractivity contribution is -0.490. The third kappa shape index (κ3) is 3.38. The zero-order valence-electron chi connectivity index (χ0n) is 11.5. The molecule has 2 heterocycles. The number of aliphatic hydroxyl groups excluding tert-OH is 1. The molecular formula is C12H16FN2O6-. The van der Waals surface area contributed by atoms with Gasteiger partial charge in [0.15, 0.2) is 5.79 Å².